The van der Waals surface area contributed by atoms with Crippen LogP contribution in [0, 0.1) is 0 Å². The van der Waals surface area contributed by atoms with E-state index < -0.39 is 0 Å². The van der Waals surface area contributed by atoms with Crippen LogP contribution in [0.25, 0.3) is 11.1 Å². The average Bonchev–Trinajstić information content (AvgIpc) is 2.60. The summed E-state index contributed by atoms with van der Waals surface area (Å²) in [6.45, 7) is 0.572. The average molecular weight is 217 g/mol. The molecule has 0 fully saturated rings. The smallest absolute Gasteiger partial charge is 0.116 e. The highest BCUT2D eigenvalue weighted by Gasteiger charge is 2.09. The lowest BCUT2D eigenvalue weighted by molar-refractivity contribution is 0.475. The third-order valence-electron chi connectivity index (χ3n) is 2.44. The van der Waals surface area contributed by atoms with Crippen LogP contribution in [-0.4, -0.2) is 21.4 Å². The van der Waals surface area contributed by atoms with E-state index in [-0.39, 0.29) is 5.75 Å². The van der Waals surface area contributed by atoms with Gasteiger partial charge in [0.2, 0.25) is 0 Å². The number of benzene rings is 1. The number of aromatic nitrogens is 2. The molecular formula is C12H15N3O. The van der Waals surface area contributed by atoms with Gasteiger partial charge < -0.3 is 10.8 Å². The van der Waals surface area contributed by atoms with E-state index in [4.69, 9.17) is 5.73 Å². The summed E-state index contributed by atoms with van der Waals surface area (Å²) in [5.41, 5.74) is 8.52. The zero-order valence-electron chi connectivity index (χ0n) is 9.22. The molecule has 0 bridgehead atoms. The summed E-state index contributed by atoms with van der Waals surface area (Å²) < 4.78 is 1.77. The van der Waals surface area contributed by atoms with Crippen molar-refractivity contribution in [3.8, 4) is 16.9 Å². The molecule has 0 amide bonds. The van der Waals surface area contributed by atoms with Gasteiger partial charge in [0.25, 0.3) is 0 Å². The van der Waals surface area contributed by atoms with Crippen molar-refractivity contribution < 1.29 is 5.11 Å². The van der Waals surface area contributed by atoms with Crippen LogP contribution in [0.5, 0.6) is 5.75 Å². The van der Waals surface area contributed by atoms with Gasteiger partial charge in [0.05, 0.1) is 5.69 Å². The fraction of sp³-hybridized carbons (Fsp3) is 0.250. The molecule has 0 spiro atoms. The van der Waals surface area contributed by atoms with E-state index >= 15 is 0 Å². The Morgan fingerprint density at radius 1 is 1.44 bits per heavy atom. The normalized spacial score (nSPS) is 10.6. The van der Waals surface area contributed by atoms with Crippen molar-refractivity contribution in [3.05, 3.63) is 36.2 Å². The van der Waals surface area contributed by atoms with Gasteiger partial charge in [-0.2, -0.15) is 5.10 Å². The minimum atomic E-state index is 0.264. The molecule has 16 heavy (non-hydrogen) atoms. The molecule has 1 aromatic heterocycles. The Morgan fingerprint density at radius 2 is 2.25 bits per heavy atom. The summed E-state index contributed by atoms with van der Waals surface area (Å²) in [4.78, 5) is 0. The zero-order valence-corrected chi connectivity index (χ0v) is 9.22. The number of aromatic hydroxyl groups is 1. The Labute approximate surface area is 94.3 Å². The molecule has 84 valence electrons. The molecule has 2 aromatic rings. The van der Waals surface area contributed by atoms with E-state index in [9.17, 15) is 5.11 Å². The van der Waals surface area contributed by atoms with Crippen LogP contribution >= 0.6 is 0 Å². The van der Waals surface area contributed by atoms with Crippen LogP contribution in [0.4, 0.5) is 0 Å². The molecule has 0 atom stereocenters. The summed E-state index contributed by atoms with van der Waals surface area (Å²) >= 11 is 0. The van der Waals surface area contributed by atoms with Crippen LogP contribution in [-0.2, 0) is 13.5 Å². The van der Waals surface area contributed by atoms with Gasteiger partial charge in [-0.1, -0.05) is 12.1 Å². The van der Waals surface area contributed by atoms with Crippen molar-refractivity contribution in [2.75, 3.05) is 6.54 Å². The Kier molecular flexibility index (Phi) is 2.92. The Hall–Kier alpha value is -1.81. The van der Waals surface area contributed by atoms with Gasteiger partial charge in [-0.3, -0.25) is 4.68 Å². The van der Waals surface area contributed by atoms with E-state index in [1.54, 1.807) is 16.8 Å². The summed E-state index contributed by atoms with van der Waals surface area (Å²) in [5, 5.41) is 13.8. The molecule has 2 rings (SSSR count). The van der Waals surface area contributed by atoms with Crippen molar-refractivity contribution in [3.63, 3.8) is 0 Å². The first-order chi connectivity index (χ1) is 7.70. The number of hydrogen-bond acceptors (Lipinski definition) is 3. The lowest BCUT2D eigenvalue weighted by Crippen LogP contribution is -2.04. The van der Waals surface area contributed by atoms with Gasteiger partial charge in [-0.25, -0.2) is 0 Å². The number of hydrogen-bond donors (Lipinski definition) is 2. The second-order valence-corrected chi connectivity index (χ2v) is 3.75. The standard InChI is InChI=1S/C12H15N3O/c1-15-8-11(12(14-15)5-6-13)9-3-2-4-10(16)7-9/h2-4,7-8,16H,5-6,13H2,1H3. The molecule has 4 heteroatoms. The highest BCUT2D eigenvalue weighted by atomic mass is 16.3. The Morgan fingerprint density at radius 3 is 2.94 bits per heavy atom. The molecule has 0 saturated heterocycles. The summed E-state index contributed by atoms with van der Waals surface area (Å²) in [5.74, 6) is 0.264. The van der Waals surface area contributed by atoms with E-state index in [0.29, 0.717) is 6.54 Å². The van der Waals surface area contributed by atoms with Crippen molar-refractivity contribution in [1.29, 1.82) is 0 Å². The number of rotatable bonds is 3. The van der Waals surface area contributed by atoms with Gasteiger partial charge >= 0.3 is 0 Å². The van der Waals surface area contributed by atoms with Gasteiger partial charge in [0.15, 0.2) is 0 Å². The van der Waals surface area contributed by atoms with Crippen LogP contribution in [0.1, 0.15) is 5.69 Å². The summed E-state index contributed by atoms with van der Waals surface area (Å²) in [7, 11) is 1.88. The topological polar surface area (TPSA) is 64.1 Å². The van der Waals surface area contributed by atoms with Crippen LogP contribution < -0.4 is 5.73 Å². The van der Waals surface area contributed by atoms with Gasteiger partial charge in [0.1, 0.15) is 5.75 Å². The molecule has 1 heterocycles. The van der Waals surface area contributed by atoms with Crippen molar-refractivity contribution in [2.24, 2.45) is 12.8 Å². The molecule has 0 radical (unpaired) electrons. The summed E-state index contributed by atoms with van der Waals surface area (Å²) in [6, 6.07) is 7.17. The van der Waals surface area contributed by atoms with Crippen molar-refractivity contribution >= 4 is 0 Å². The zero-order chi connectivity index (χ0) is 11.5. The van der Waals surface area contributed by atoms with E-state index in [1.165, 1.54) is 0 Å². The van der Waals surface area contributed by atoms with Crippen LogP contribution in [0.2, 0.25) is 0 Å². The second-order valence-electron chi connectivity index (χ2n) is 3.75. The van der Waals surface area contributed by atoms with E-state index in [2.05, 4.69) is 5.10 Å². The fourth-order valence-corrected chi connectivity index (χ4v) is 1.77. The summed E-state index contributed by atoms with van der Waals surface area (Å²) in [6.07, 6.45) is 2.69. The minimum absolute atomic E-state index is 0.264. The largest absolute Gasteiger partial charge is 0.508 e. The molecule has 4 nitrogen and oxygen atoms in total. The van der Waals surface area contributed by atoms with Crippen molar-refractivity contribution in [2.45, 2.75) is 6.42 Å². The molecule has 0 unspecified atom stereocenters. The first-order valence-electron chi connectivity index (χ1n) is 5.22. The first-order valence-corrected chi connectivity index (χ1v) is 5.22. The molecule has 3 N–H and O–H groups in total. The fourth-order valence-electron chi connectivity index (χ4n) is 1.77. The highest BCUT2D eigenvalue weighted by Crippen LogP contribution is 2.25. The number of phenols is 1. The first kappa shape index (κ1) is 10.7. The molecule has 0 aliphatic rings. The number of phenolic OH excluding ortho intramolecular Hbond substituents is 1. The Balaban J connectivity index is 2.46. The monoisotopic (exact) mass is 217 g/mol. The van der Waals surface area contributed by atoms with Gasteiger partial charge in [-0.15, -0.1) is 0 Å². The predicted molar refractivity (Wildman–Crippen MR) is 63.1 cm³/mol. The number of aryl methyl sites for hydroxylation is 1. The SMILES string of the molecule is Cn1cc(-c2cccc(O)c2)c(CCN)n1. The Bertz CT molecular complexity index is 491. The molecule has 0 aliphatic carbocycles. The third-order valence-corrected chi connectivity index (χ3v) is 2.44. The lowest BCUT2D eigenvalue weighted by atomic mass is 10.0. The molecular weight excluding hydrogens is 202 g/mol. The van der Waals surface area contributed by atoms with Crippen molar-refractivity contribution in [1.82, 2.24) is 9.78 Å². The number of nitrogens with zero attached hydrogens (tertiary/aromatic N) is 2. The maximum Gasteiger partial charge on any atom is 0.116 e. The van der Waals surface area contributed by atoms with E-state index in [0.717, 1.165) is 23.2 Å². The van der Waals surface area contributed by atoms with Gasteiger partial charge in [-0.05, 0) is 24.2 Å². The maximum absolute atomic E-state index is 9.45. The highest BCUT2D eigenvalue weighted by molar-refractivity contribution is 5.66. The lowest BCUT2D eigenvalue weighted by Gasteiger charge is -2.01. The van der Waals surface area contributed by atoms with Crippen LogP contribution in [0.15, 0.2) is 30.5 Å². The minimum Gasteiger partial charge on any atom is -0.508 e. The predicted octanol–water partition coefficient (Wildman–Crippen LogP) is 1.29. The second kappa shape index (κ2) is 4.37. The third kappa shape index (κ3) is 2.06. The maximum atomic E-state index is 9.45. The molecule has 0 saturated carbocycles. The van der Waals surface area contributed by atoms with E-state index in [1.807, 2.05) is 25.4 Å². The van der Waals surface area contributed by atoms with Gasteiger partial charge in [0, 0.05) is 25.2 Å². The molecule has 1 aromatic carbocycles. The quantitative estimate of drug-likeness (QED) is 0.814. The van der Waals surface area contributed by atoms with Crippen LogP contribution in [0.3, 0.4) is 0 Å². The number of nitrogens with two attached hydrogens (primary N) is 1. The molecule has 0 aliphatic heterocycles.